The Morgan fingerprint density at radius 2 is 0.952 bits per heavy atom. The van der Waals surface area contributed by atoms with E-state index in [4.69, 9.17) is 0 Å². The van der Waals surface area contributed by atoms with Crippen LogP contribution in [-0.2, 0) is 0 Å². The summed E-state index contributed by atoms with van der Waals surface area (Å²) in [4.78, 5) is 0. The van der Waals surface area contributed by atoms with E-state index in [2.05, 4.69) is 13.8 Å². The largest absolute Gasteiger partial charge is 0.251 e. The fourth-order valence-electron chi connectivity index (χ4n) is 3.07. The van der Waals surface area contributed by atoms with Gasteiger partial charge in [-0.15, -0.1) is 0 Å². The lowest BCUT2D eigenvalue weighted by Crippen LogP contribution is -1.95. The lowest BCUT2D eigenvalue weighted by molar-refractivity contribution is 0.404. The van der Waals surface area contributed by atoms with Gasteiger partial charge in [-0.1, -0.05) is 110 Å². The second-order valence-electron chi connectivity index (χ2n) is 6.97. The summed E-state index contributed by atoms with van der Waals surface area (Å²) >= 11 is 0. The predicted molar refractivity (Wildman–Crippen MR) is 94.7 cm³/mol. The van der Waals surface area contributed by atoms with Gasteiger partial charge in [0.1, 0.15) is 0 Å². The molecular weight excluding hydrogens is 259 g/mol. The van der Waals surface area contributed by atoms with E-state index in [1.165, 1.54) is 89.9 Å². The maximum Gasteiger partial charge on any atom is 0.0894 e. The maximum atomic E-state index is 12.0. The van der Waals surface area contributed by atoms with Gasteiger partial charge in [0.15, 0.2) is 0 Å². The van der Waals surface area contributed by atoms with Crippen LogP contribution in [0.1, 0.15) is 117 Å². The molecule has 0 aromatic rings. The van der Waals surface area contributed by atoms with Gasteiger partial charge in [0, 0.05) is 0 Å². The Kier molecular flexibility index (Phi) is 17.9. The first-order valence-corrected chi connectivity index (χ1v) is 9.87. The highest BCUT2D eigenvalue weighted by atomic mass is 19.1. The van der Waals surface area contributed by atoms with Crippen LogP contribution in [0, 0.1) is 5.92 Å². The molecule has 0 aromatic carbocycles. The van der Waals surface area contributed by atoms with Crippen LogP contribution in [0.3, 0.4) is 0 Å². The monoisotopic (exact) mass is 300 g/mol. The molecule has 1 heteroatoms. The summed E-state index contributed by atoms with van der Waals surface area (Å²) in [5.74, 6) is 0.805. The normalized spacial score (nSPS) is 12.7. The second kappa shape index (κ2) is 18.0. The van der Waals surface area contributed by atoms with Crippen molar-refractivity contribution < 1.29 is 4.39 Å². The third-order valence-corrected chi connectivity index (χ3v) is 4.63. The van der Waals surface area contributed by atoms with Gasteiger partial charge in [0.05, 0.1) is 6.67 Å². The molecule has 0 fully saturated rings. The summed E-state index contributed by atoms with van der Waals surface area (Å²) in [5.41, 5.74) is 0. The van der Waals surface area contributed by atoms with Crippen molar-refractivity contribution >= 4 is 0 Å². The highest BCUT2D eigenvalue weighted by Gasteiger charge is 2.01. The van der Waals surface area contributed by atoms with Gasteiger partial charge in [-0.25, -0.2) is 0 Å². The third kappa shape index (κ3) is 17.9. The van der Waals surface area contributed by atoms with Gasteiger partial charge >= 0.3 is 0 Å². The maximum absolute atomic E-state index is 12.0. The smallest absolute Gasteiger partial charge is 0.0894 e. The molecule has 0 saturated carbocycles. The zero-order valence-corrected chi connectivity index (χ0v) is 15.0. The topological polar surface area (TPSA) is 0 Å². The van der Waals surface area contributed by atoms with Gasteiger partial charge in [-0.2, -0.15) is 0 Å². The van der Waals surface area contributed by atoms with Crippen LogP contribution in [0.2, 0.25) is 0 Å². The fourth-order valence-corrected chi connectivity index (χ4v) is 3.07. The molecule has 0 amide bonds. The Bertz CT molecular complexity index is 179. The number of alkyl halides is 1. The summed E-state index contributed by atoms with van der Waals surface area (Å²) in [7, 11) is 0. The van der Waals surface area contributed by atoms with E-state index in [-0.39, 0.29) is 6.67 Å². The summed E-state index contributed by atoms with van der Waals surface area (Å²) in [5, 5.41) is 0. The van der Waals surface area contributed by atoms with Crippen molar-refractivity contribution in [3.63, 3.8) is 0 Å². The lowest BCUT2D eigenvalue weighted by atomic mass is 9.97. The SMILES string of the molecule is CCCCCCCCCCCCCCC(C)CCCCF. The van der Waals surface area contributed by atoms with Crippen LogP contribution in [0.5, 0.6) is 0 Å². The van der Waals surface area contributed by atoms with Gasteiger partial charge in [0.25, 0.3) is 0 Å². The first-order chi connectivity index (χ1) is 10.3. The summed E-state index contributed by atoms with van der Waals surface area (Å²) in [6, 6.07) is 0. The molecule has 0 saturated heterocycles. The quantitative estimate of drug-likeness (QED) is 0.240. The van der Waals surface area contributed by atoms with Gasteiger partial charge in [-0.05, 0) is 12.3 Å². The Morgan fingerprint density at radius 3 is 1.38 bits per heavy atom. The number of halogens is 1. The van der Waals surface area contributed by atoms with E-state index in [0.717, 1.165) is 18.8 Å². The minimum Gasteiger partial charge on any atom is -0.251 e. The zero-order chi connectivity index (χ0) is 15.6. The highest BCUT2D eigenvalue weighted by molar-refractivity contribution is 4.55. The molecule has 0 N–H and O–H groups in total. The minimum atomic E-state index is -0.134. The molecule has 0 aliphatic heterocycles. The van der Waals surface area contributed by atoms with Crippen molar-refractivity contribution in [2.75, 3.05) is 6.67 Å². The first kappa shape index (κ1) is 20.9. The number of hydrogen-bond donors (Lipinski definition) is 0. The molecule has 0 rings (SSSR count). The van der Waals surface area contributed by atoms with Crippen LogP contribution < -0.4 is 0 Å². The molecule has 0 radical (unpaired) electrons. The van der Waals surface area contributed by atoms with Crippen molar-refractivity contribution in [2.45, 2.75) is 117 Å². The van der Waals surface area contributed by atoms with Crippen LogP contribution >= 0.6 is 0 Å². The van der Waals surface area contributed by atoms with E-state index in [1.54, 1.807) is 0 Å². The van der Waals surface area contributed by atoms with E-state index in [1.807, 2.05) is 0 Å². The molecule has 0 aliphatic rings. The predicted octanol–water partition coefficient (Wildman–Crippen LogP) is 7.85. The highest BCUT2D eigenvalue weighted by Crippen LogP contribution is 2.17. The van der Waals surface area contributed by atoms with Crippen molar-refractivity contribution in [3.8, 4) is 0 Å². The number of rotatable bonds is 17. The molecule has 1 unspecified atom stereocenters. The lowest BCUT2D eigenvalue weighted by Gasteiger charge is -2.10. The average Bonchev–Trinajstić information content (AvgIpc) is 2.48. The van der Waals surface area contributed by atoms with E-state index >= 15 is 0 Å². The molecule has 21 heavy (non-hydrogen) atoms. The summed E-state index contributed by atoms with van der Waals surface area (Å²) in [6.45, 7) is 4.48. The Morgan fingerprint density at radius 1 is 0.571 bits per heavy atom. The van der Waals surface area contributed by atoms with Crippen molar-refractivity contribution in [1.82, 2.24) is 0 Å². The second-order valence-corrected chi connectivity index (χ2v) is 6.97. The van der Waals surface area contributed by atoms with Crippen LogP contribution in [0.4, 0.5) is 4.39 Å². The summed E-state index contributed by atoms with van der Waals surface area (Å²) < 4.78 is 12.0. The van der Waals surface area contributed by atoms with E-state index < -0.39 is 0 Å². The molecule has 0 bridgehead atoms. The standard InChI is InChI=1S/C20H41F/c1-3-4-5-6-7-8-9-10-11-12-13-14-17-20(2)18-15-16-19-21/h20H,3-19H2,1-2H3. The van der Waals surface area contributed by atoms with Gasteiger partial charge < -0.3 is 0 Å². The Balaban J connectivity index is 3.05. The molecule has 0 nitrogen and oxygen atoms in total. The van der Waals surface area contributed by atoms with Gasteiger partial charge in [0.2, 0.25) is 0 Å². The zero-order valence-electron chi connectivity index (χ0n) is 15.0. The Labute approximate surface area is 134 Å². The molecule has 128 valence electrons. The Hall–Kier alpha value is -0.0700. The van der Waals surface area contributed by atoms with Crippen LogP contribution in [0.25, 0.3) is 0 Å². The van der Waals surface area contributed by atoms with E-state index in [0.29, 0.717) is 0 Å². The van der Waals surface area contributed by atoms with Crippen LogP contribution in [-0.4, -0.2) is 6.67 Å². The van der Waals surface area contributed by atoms with Crippen molar-refractivity contribution in [2.24, 2.45) is 5.92 Å². The molecule has 0 spiro atoms. The molecule has 0 heterocycles. The molecule has 1 atom stereocenters. The van der Waals surface area contributed by atoms with Gasteiger partial charge in [-0.3, -0.25) is 4.39 Å². The van der Waals surface area contributed by atoms with E-state index in [9.17, 15) is 4.39 Å². The van der Waals surface area contributed by atoms with Crippen molar-refractivity contribution in [1.29, 1.82) is 0 Å². The summed E-state index contributed by atoms with van der Waals surface area (Å²) in [6.07, 6.45) is 21.5. The molecule has 0 aliphatic carbocycles. The fraction of sp³-hybridized carbons (Fsp3) is 1.00. The minimum absolute atomic E-state index is 0.134. The third-order valence-electron chi connectivity index (χ3n) is 4.63. The number of unbranched alkanes of at least 4 members (excludes halogenated alkanes) is 12. The van der Waals surface area contributed by atoms with Crippen LogP contribution in [0.15, 0.2) is 0 Å². The average molecular weight is 301 g/mol. The first-order valence-electron chi connectivity index (χ1n) is 9.87. The van der Waals surface area contributed by atoms with Crippen molar-refractivity contribution in [3.05, 3.63) is 0 Å². The number of hydrogen-bond acceptors (Lipinski definition) is 0. The molecule has 0 aromatic heterocycles. The molecular formula is C20H41F.